The van der Waals surface area contributed by atoms with Crippen LogP contribution in [0.2, 0.25) is 0 Å². The number of thiophene rings is 1. The largest absolute Gasteiger partial charge is 0.348 e. The van der Waals surface area contributed by atoms with Crippen LogP contribution in [0.25, 0.3) is 16.2 Å². The zero-order valence-electron chi connectivity index (χ0n) is 14.7. The summed E-state index contributed by atoms with van der Waals surface area (Å²) < 4.78 is 1.44. The van der Waals surface area contributed by atoms with Crippen LogP contribution in [0, 0.1) is 5.92 Å². The number of carbonyl (C=O) groups excluding carboxylic acids is 1. The van der Waals surface area contributed by atoms with Gasteiger partial charge >= 0.3 is 0 Å². The summed E-state index contributed by atoms with van der Waals surface area (Å²) >= 11 is 1.60. The van der Waals surface area contributed by atoms with Crippen LogP contribution in [0.15, 0.2) is 34.4 Å². The van der Waals surface area contributed by atoms with E-state index in [2.05, 4.69) is 15.4 Å². The van der Waals surface area contributed by atoms with Crippen LogP contribution in [-0.4, -0.2) is 20.5 Å². The number of aromatic nitrogens is 3. The molecule has 2 N–H and O–H groups in total. The molecule has 1 unspecified atom stereocenters. The first kappa shape index (κ1) is 17.0. The van der Waals surface area contributed by atoms with Crippen LogP contribution in [0.3, 0.4) is 0 Å². The number of rotatable bonds is 4. The zero-order valence-corrected chi connectivity index (χ0v) is 15.5. The van der Waals surface area contributed by atoms with E-state index in [1.54, 1.807) is 11.3 Å². The average molecular weight is 370 g/mol. The third-order valence-corrected chi connectivity index (χ3v) is 5.94. The minimum atomic E-state index is -0.290. The second-order valence-electron chi connectivity index (χ2n) is 6.93. The first-order valence-corrected chi connectivity index (χ1v) is 9.97. The maximum absolute atomic E-state index is 12.5. The molecule has 3 aromatic rings. The summed E-state index contributed by atoms with van der Waals surface area (Å²) in [5.41, 5.74) is 1.85. The van der Waals surface area contributed by atoms with Gasteiger partial charge in [0.15, 0.2) is 5.65 Å². The van der Waals surface area contributed by atoms with Crippen molar-refractivity contribution in [2.45, 2.75) is 45.1 Å². The Bertz CT molecular complexity index is 967. The molecule has 0 aliphatic heterocycles. The van der Waals surface area contributed by atoms with Gasteiger partial charge in [-0.3, -0.25) is 14.7 Å². The Hall–Kier alpha value is -2.41. The van der Waals surface area contributed by atoms with Gasteiger partial charge in [0.05, 0.1) is 22.3 Å². The lowest BCUT2D eigenvalue weighted by atomic mass is 9.88. The molecule has 3 aromatic heterocycles. The monoisotopic (exact) mass is 370 g/mol. The lowest BCUT2D eigenvalue weighted by molar-refractivity contribution is -0.126. The maximum Gasteiger partial charge on any atom is 0.272 e. The van der Waals surface area contributed by atoms with Crippen LogP contribution < -0.4 is 10.9 Å². The number of nitrogens with one attached hydrogen (secondary N) is 2. The van der Waals surface area contributed by atoms with E-state index in [4.69, 9.17) is 0 Å². The molecule has 7 heteroatoms. The maximum atomic E-state index is 12.5. The number of amides is 1. The van der Waals surface area contributed by atoms with E-state index < -0.39 is 0 Å². The molecule has 1 saturated carbocycles. The van der Waals surface area contributed by atoms with Crippen molar-refractivity contribution < 1.29 is 4.79 Å². The number of nitrogens with zero attached hydrogens (tertiary/aromatic N) is 2. The van der Waals surface area contributed by atoms with Crippen LogP contribution in [0.4, 0.5) is 0 Å². The molecular formula is C19H22N4O2S. The van der Waals surface area contributed by atoms with Gasteiger partial charge in [-0.25, -0.2) is 9.50 Å². The van der Waals surface area contributed by atoms with E-state index >= 15 is 0 Å². The van der Waals surface area contributed by atoms with Crippen molar-refractivity contribution in [1.29, 1.82) is 0 Å². The van der Waals surface area contributed by atoms with Gasteiger partial charge in [-0.2, -0.15) is 0 Å². The molecule has 6 nitrogen and oxygen atoms in total. The number of hydrogen-bond acceptors (Lipinski definition) is 4. The summed E-state index contributed by atoms with van der Waals surface area (Å²) in [5.74, 6) is 0.168. The number of hydrogen-bond donors (Lipinski definition) is 2. The minimum Gasteiger partial charge on any atom is -0.348 e. The molecule has 1 atom stereocenters. The molecule has 136 valence electrons. The minimum absolute atomic E-state index is 0.0764. The van der Waals surface area contributed by atoms with Gasteiger partial charge in [-0.05, 0) is 31.2 Å². The smallest absolute Gasteiger partial charge is 0.272 e. The molecule has 26 heavy (non-hydrogen) atoms. The SMILES string of the molecule is CC(NC(=O)C1CCCCC1)c1cc(=O)n2[nH]c(-c3cccs3)cc2n1. The van der Waals surface area contributed by atoms with Gasteiger partial charge < -0.3 is 5.32 Å². The molecule has 1 fully saturated rings. The lowest BCUT2D eigenvalue weighted by Gasteiger charge is -2.23. The summed E-state index contributed by atoms with van der Waals surface area (Å²) in [5, 5.41) is 8.12. The van der Waals surface area contributed by atoms with Crippen molar-refractivity contribution >= 4 is 22.9 Å². The summed E-state index contributed by atoms with van der Waals surface area (Å²) in [6, 6.07) is 7.03. The van der Waals surface area contributed by atoms with Crippen molar-refractivity contribution in [3.05, 3.63) is 45.7 Å². The van der Waals surface area contributed by atoms with Crippen LogP contribution in [-0.2, 0) is 4.79 Å². The second kappa shape index (κ2) is 7.07. The van der Waals surface area contributed by atoms with Gasteiger partial charge in [0.2, 0.25) is 5.91 Å². The number of fused-ring (bicyclic) bond motifs is 1. The molecular weight excluding hydrogens is 348 g/mol. The fraction of sp³-hybridized carbons (Fsp3) is 0.421. The predicted molar refractivity (Wildman–Crippen MR) is 102 cm³/mol. The third kappa shape index (κ3) is 3.31. The van der Waals surface area contributed by atoms with Crippen molar-refractivity contribution in [2.75, 3.05) is 0 Å². The topological polar surface area (TPSA) is 79.3 Å². The molecule has 0 spiro atoms. The molecule has 1 amide bonds. The summed E-state index contributed by atoms with van der Waals surface area (Å²) in [4.78, 5) is 30.6. The molecule has 3 heterocycles. The highest BCUT2D eigenvalue weighted by molar-refractivity contribution is 7.13. The Morgan fingerprint density at radius 3 is 2.88 bits per heavy atom. The predicted octanol–water partition coefficient (Wildman–Crippen LogP) is 3.51. The Balaban J connectivity index is 1.58. The molecule has 1 aliphatic carbocycles. The van der Waals surface area contributed by atoms with Crippen LogP contribution in [0.5, 0.6) is 0 Å². The van der Waals surface area contributed by atoms with Gasteiger partial charge in [-0.15, -0.1) is 11.3 Å². The fourth-order valence-electron chi connectivity index (χ4n) is 3.56. The molecule has 0 saturated heterocycles. The van der Waals surface area contributed by atoms with Gasteiger partial charge in [-0.1, -0.05) is 25.3 Å². The highest BCUT2D eigenvalue weighted by Crippen LogP contribution is 2.25. The highest BCUT2D eigenvalue weighted by Gasteiger charge is 2.23. The Morgan fingerprint density at radius 2 is 2.15 bits per heavy atom. The normalized spacial score (nSPS) is 16.7. The van der Waals surface area contributed by atoms with Gasteiger partial charge in [0.1, 0.15) is 0 Å². The zero-order chi connectivity index (χ0) is 18.1. The number of aromatic amines is 1. The van der Waals surface area contributed by atoms with Crippen LogP contribution >= 0.6 is 11.3 Å². The highest BCUT2D eigenvalue weighted by atomic mass is 32.1. The first-order valence-electron chi connectivity index (χ1n) is 9.09. The van der Waals surface area contributed by atoms with E-state index in [-0.39, 0.29) is 23.4 Å². The lowest BCUT2D eigenvalue weighted by Crippen LogP contribution is -2.34. The van der Waals surface area contributed by atoms with Gasteiger partial charge in [0, 0.05) is 18.1 Å². The van der Waals surface area contributed by atoms with E-state index in [1.165, 1.54) is 17.0 Å². The Morgan fingerprint density at radius 1 is 1.35 bits per heavy atom. The molecule has 0 bridgehead atoms. The summed E-state index contributed by atoms with van der Waals surface area (Å²) in [6.45, 7) is 1.88. The number of carbonyl (C=O) groups is 1. The summed E-state index contributed by atoms with van der Waals surface area (Å²) in [7, 11) is 0. The van der Waals surface area contributed by atoms with Crippen molar-refractivity contribution in [3.63, 3.8) is 0 Å². The Kier molecular flexibility index (Phi) is 4.63. The number of H-pyrrole nitrogens is 1. The van der Waals surface area contributed by atoms with Gasteiger partial charge in [0.25, 0.3) is 5.56 Å². The Labute approximate surface area is 155 Å². The van der Waals surface area contributed by atoms with Crippen LogP contribution in [0.1, 0.15) is 50.8 Å². The van der Waals surface area contributed by atoms with Crippen molar-refractivity contribution in [1.82, 2.24) is 19.9 Å². The van der Waals surface area contributed by atoms with E-state index in [1.807, 2.05) is 30.5 Å². The van der Waals surface area contributed by atoms with E-state index in [0.717, 1.165) is 36.3 Å². The summed E-state index contributed by atoms with van der Waals surface area (Å²) in [6.07, 6.45) is 5.36. The second-order valence-corrected chi connectivity index (χ2v) is 7.87. The van der Waals surface area contributed by atoms with Crippen molar-refractivity contribution in [3.8, 4) is 10.6 Å². The third-order valence-electron chi connectivity index (χ3n) is 5.04. The molecule has 0 radical (unpaired) electrons. The standard InChI is InChI=1S/C19H22N4O2S/c1-12(20-19(25)13-6-3-2-4-7-13)14-11-18(24)23-17(21-14)10-15(22-23)16-8-5-9-26-16/h5,8-13,22H,2-4,6-7H2,1H3,(H,20,25). The van der Waals surface area contributed by atoms with E-state index in [9.17, 15) is 9.59 Å². The van der Waals surface area contributed by atoms with Crippen molar-refractivity contribution in [2.24, 2.45) is 5.92 Å². The van der Waals surface area contributed by atoms with E-state index in [0.29, 0.717) is 11.3 Å². The quantitative estimate of drug-likeness (QED) is 0.738. The fourth-order valence-corrected chi connectivity index (χ4v) is 4.25. The average Bonchev–Trinajstić information content (AvgIpc) is 3.31. The molecule has 1 aliphatic rings. The molecule has 4 rings (SSSR count). The first-order chi connectivity index (χ1) is 12.6. The molecule has 0 aromatic carbocycles.